The summed E-state index contributed by atoms with van der Waals surface area (Å²) >= 11 is 0. The molecule has 5 heteroatoms. The zero-order chi connectivity index (χ0) is 11.5. The second-order valence-corrected chi connectivity index (χ2v) is 3.37. The molecule has 0 amide bonds. The number of carbonyl (C=O) groups is 1. The molecule has 1 aromatic carbocycles. The lowest BCUT2D eigenvalue weighted by Gasteiger charge is -2.03. The van der Waals surface area contributed by atoms with E-state index in [-0.39, 0.29) is 6.54 Å². The van der Waals surface area contributed by atoms with Gasteiger partial charge in [-0.05, 0) is 5.56 Å². The van der Waals surface area contributed by atoms with Gasteiger partial charge in [-0.25, -0.2) is 0 Å². The minimum Gasteiger partial charge on any atom is -0.480 e. The maximum absolute atomic E-state index is 10.7. The summed E-state index contributed by atoms with van der Waals surface area (Å²) < 4.78 is 1.38. The third-order valence-corrected chi connectivity index (χ3v) is 2.15. The van der Waals surface area contributed by atoms with Crippen molar-refractivity contribution < 1.29 is 9.90 Å². The lowest BCUT2D eigenvalue weighted by molar-refractivity contribution is -0.137. The fourth-order valence-electron chi connectivity index (χ4n) is 1.53. The van der Waals surface area contributed by atoms with E-state index >= 15 is 0 Å². The molecule has 1 heterocycles. The molecule has 0 aliphatic heterocycles. The highest BCUT2D eigenvalue weighted by Crippen LogP contribution is 2.20. The lowest BCUT2D eigenvalue weighted by atomic mass is 10.1. The van der Waals surface area contributed by atoms with Crippen molar-refractivity contribution in [1.82, 2.24) is 9.78 Å². The summed E-state index contributed by atoms with van der Waals surface area (Å²) in [4.78, 5) is 10.7. The minimum absolute atomic E-state index is 0.193. The highest BCUT2D eigenvalue weighted by atomic mass is 16.4. The van der Waals surface area contributed by atoms with Gasteiger partial charge in [-0.2, -0.15) is 5.10 Å². The monoisotopic (exact) mass is 217 g/mol. The van der Waals surface area contributed by atoms with Crippen molar-refractivity contribution in [2.24, 2.45) is 0 Å². The molecular weight excluding hydrogens is 206 g/mol. The number of rotatable bonds is 3. The van der Waals surface area contributed by atoms with Crippen LogP contribution in [0.25, 0.3) is 11.3 Å². The topological polar surface area (TPSA) is 81.1 Å². The number of hydrogen-bond acceptors (Lipinski definition) is 3. The minimum atomic E-state index is -0.944. The molecule has 0 aliphatic rings. The number of nitrogen functional groups attached to an aromatic ring is 1. The first-order chi connectivity index (χ1) is 7.66. The fourth-order valence-corrected chi connectivity index (χ4v) is 1.53. The van der Waals surface area contributed by atoms with Crippen LogP contribution in [0.4, 0.5) is 5.82 Å². The van der Waals surface area contributed by atoms with Crippen LogP contribution in [0.15, 0.2) is 36.4 Å². The average molecular weight is 217 g/mol. The number of aliphatic carboxylic acids is 1. The molecule has 82 valence electrons. The maximum Gasteiger partial charge on any atom is 0.325 e. The Morgan fingerprint density at radius 2 is 2.06 bits per heavy atom. The number of nitrogens with zero attached hydrogens (tertiary/aromatic N) is 2. The molecule has 0 spiro atoms. The van der Waals surface area contributed by atoms with Crippen molar-refractivity contribution in [1.29, 1.82) is 0 Å². The summed E-state index contributed by atoms with van der Waals surface area (Å²) in [6, 6.07) is 11.1. The number of aromatic nitrogens is 2. The predicted octanol–water partition coefficient (Wildman–Crippen LogP) is 1.22. The molecule has 1 aromatic heterocycles. The third kappa shape index (κ3) is 2.03. The largest absolute Gasteiger partial charge is 0.480 e. The van der Waals surface area contributed by atoms with Gasteiger partial charge in [0.05, 0.1) is 5.69 Å². The number of nitrogens with two attached hydrogens (primary N) is 1. The third-order valence-electron chi connectivity index (χ3n) is 2.15. The van der Waals surface area contributed by atoms with Gasteiger partial charge in [0.25, 0.3) is 0 Å². The van der Waals surface area contributed by atoms with Crippen molar-refractivity contribution in [2.45, 2.75) is 6.54 Å². The van der Waals surface area contributed by atoms with Crippen molar-refractivity contribution in [3.8, 4) is 11.3 Å². The van der Waals surface area contributed by atoms with Crippen LogP contribution in [-0.2, 0) is 11.3 Å². The molecule has 3 N–H and O–H groups in total. The molecule has 16 heavy (non-hydrogen) atoms. The van der Waals surface area contributed by atoms with Crippen LogP contribution >= 0.6 is 0 Å². The Morgan fingerprint density at radius 1 is 1.38 bits per heavy atom. The average Bonchev–Trinajstić information content (AvgIpc) is 2.60. The first-order valence-corrected chi connectivity index (χ1v) is 4.77. The summed E-state index contributed by atoms with van der Waals surface area (Å²) in [7, 11) is 0. The van der Waals surface area contributed by atoms with Crippen LogP contribution in [-0.4, -0.2) is 20.9 Å². The van der Waals surface area contributed by atoms with Gasteiger partial charge in [0.2, 0.25) is 0 Å². The highest BCUT2D eigenvalue weighted by Gasteiger charge is 2.10. The zero-order valence-corrected chi connectivity index (χ0v) is 8.50. The molecule has 0 atom stereocenters. The van der Waals surface area contributed by atoms with Crippen LogP contribution in [0.3, 0.4) is 0 Å². The van der Waals surface area contributed by atoms with E-state index in [4.69, 9.17) is 10.8 Å². The summed E-state index contributed by atoms with van der Waals surface area (Å²) in [6.07, 6.45) is 0. The van der Waals surface area contributed by atoms with E-state index in [1.54, 1.807) is 6.07 Å². The SMILES string of the molecule is Nc1cc(-c2ccccc2)n(CC(=O)O)n1. The first-order valence-electron chi connectivity index (χ1n) is 4.77. The Balaban J connectivity index is 2.44. The fraction of sp³-hybridized carbons (Fsp3) is 0.0909. The number of carboxylic acid groups (broad SMARTS) is 1. The van der Waals surface area contributed by atoms with Gasteiger partial charge in [0.15, 0.2) is 0 Å². The standard InChI is InChI=1S/C11H11N3O2/c12-10-6-9(8-4-2-1-3-5-8)14(13-10)7-11(15)16/h1-6H,7H2,(H2,12,13)(H,15,16). The molecule has 5 nitrogen and oxygen atoms in total. The van der Waals surface area contributed by atoms with Crippen molar-refractivity contribution >= 4 is 11.8 Å². The van der Waals surface area contributed by atoms with E-state index in [0.717, 1.165) is 5.56 Å². The number of carboxylic acids is 1. The Morgan fingerprint density at radius 3 is 2.69 bits per heavy atom. The van der Waals surface area contributed by atoms with Gasteiger partial charge in [0, 0.05) is 6.07 Å². The van der Waals surface area contributed by atoms with Gasteiger partial charge < -0.3 is 10.8 Å². The number of anilines is 1. The van der Waals surface area contributed by atoms with E-state index in [1.165, 1.54) is 4.68 Å². The van der Waals surface area contributed by atoms with Crippen LogP contribution < -0.4 is 5.73 Å². The van der Waals surface area contributed by atoms with Crippen molar-refractivity contribution in [3.05, 3.63) is 36.4 Å². The molecule has 0 radical (unpaired) electrons. The molecule has 0 saturated heterocycles. The molecule has 2 rings (SSSR count). The Bertz CT molecular complexity index is 505. The normalized spacial score (nSPS) is 10.2. The van der Waals surface area contributed by atoms with Crippen molar-refractivity contribution in [2.75, 3.05) is 5.73 Å². The molecule has 0 unspecified atom stereocenters. The number of hydrogen-bond donors (Lipinski definition) is 2. The molecule has 0 saturated carbocycles. The van der Waals surface area contributed by atoms with Gasteiger partial charge in [-0.1, -0.05) is 30.3 Å². The summed E-state index contributed by atoms with van der Waals surface area (Å²) in [5.41, 5.74) is 7.17. The van der Waals surface area contributed by atoms with E-state index in [0.29, 0.717) is 11.5 Å². The summed E-state index contributed by atoms with van der Waals surface area (Å²) in [6.45, 7) is -0.193. The Hall–Kier alpha value is -2.30. The quantitative estimate of drug-likeness (QED) is 0.809. The van der Waals surface area contributed by atoms with Crippen LogP contribution in [0.2, 0.25) is 0 Å². The molecular formula is C11H11N3O2. The van der Waals surface area contributed by atoms with E-state index < -0.39 is 5.97 Å². The summed E-state index contributed by atoms with van der Waals surface area (Å²) in [5, 5.41) is 12.7. The molecule has 0 aliphatic carbocycles. The second-order valence-electron chi connectivity index (χ2n) is 3.37. The van der Waals surface area contributed by atoms with E-state index in [2.05, 4.69) is 5.10 Å². The van der Waals surface area contributed by atoms with Crippen LogP contribution in [0, 0.1) is 0 Å². The lowest BCUT2D eigenvalue weighted by Crippen LogP contribution is -2.11. The first kappa shape index (κ1) is 10.2. The van der Waals surface area contributed by atoms with Gasteiger partial charge in [-0.3, -0.25) is 9.48 Å². The Labute approximate surface area is 92.1 Å². The second kappa shape index (κ2) is 4.06. The number of benzene rings is 1. The highest BCUT2D eigenvalue weighted by molar-refractivity contribution is 5.69. The van der Waals surface area contributed by atoms with Crippen LogP contribution in [0.5, 0.6) is 0 Å². The summed E-state index contributed by atoms with van der Waals surface area (Å²) in [5.74, 6) is -0.625. The molecule has 0 fully saturated rings. The van der Waals surface area contributed by atoms with E-state index in [1.807, 2.05) is 30.3 Å². The van der Waals surface area contributed by atoms with Gasteiger partial charge in [0.1, 0.15) is 12.4 Å². The maximum atomic E-state index is 10.7. The smallest absolute Gasteiger partial charge is 0.325 e. The van der Waals surface area contributed by atoms with Crippen molar-refractivity contribution in [3.63, 3.8) is 0 Å². The van der Waals surface area contributed by atoms with Gasteiger partial charge >= 0.3 is 5.97 Å². The molecule has 2 aromatic rings. The zero-order valence-electron chi connectivity index (χ0n) is 8.50. The Kier molecular flexibility index (Phi) is 2.59. The van der Waals surface area contributed by atoms with Gasteiger partial charge in [-0.15, -0.1) is 0 Å². The predicted molar refractivity (Wildman–Crippen MR) is 59.7 cm³/mol. The molecule has 0 bridgehead atoms. The van der Waals surface area contributed by atoms with E-state index in [9.17, 15) is 4.79 Å². The van der Waals surface area contributed by atoms with Crippen LogP contribution in [0.1, 0.15) is 0 Å².